The number of benzene rings is 4. The summed E-state index contributed by atoms with van der Waals surface area (Å²) < 4.78 is 44.0. The topological polar surface area (TPSA) is 185 Å². The van der Waals surface area contributed by atoms with Crippen molar-refractivity contribution in [2.75, 3.05) is 27.4 Å². The van der Waals surface area contributed by atoms with Crippen LogP contribution in [0.5, 0.6) is 34.5 Å². The zero-order valence-electron chi connectivity index (χ0n) is 39.4. The van der Waals surface area contributed by atoms with Crippen molar-refractivity contribution in [2.45, 2.75) is 97.3 Å². The molecule has 0 saturated carbocycles. The van der Waals surface area contributed by atoms with Crippen molar-refractivity contribution in [3.8, 4) is 34.5 Å². The van der Waals surface area contributed by atoms with Gasteiger partial charge in [0.15, 0.2) is 11.8 Å². The third-order valence-corrected chi connectivity index (χ3v) is 12.0. The third kappa shape index (κ3) is 12.1. The highest BCUT2D eigenvalue weighted by Crippen LogP contribution is 2.39. The van der Waals surface area contributed by atoms with E-state index in [0.717, 1.165) is 58.4 Å². The Kier molecular flexibility index (Phi) is 15.9. The van der Waals surface area contributed by atoms with E-state index in [4.69, 9.17) is 37.3 Å². The Bertz CT molecular complexity index is 2610. The molecule has 4 heterocycles. The highest BCUT2D eigenvalue weighted by molar-refractivity contribution is 5.82. The maximum absolute atomic E-state index is 13.0. The number of hydrogen-bond acceptors (Lipinski definition) is 13. The van der Waals surface area contributed by atoms with E-state index < -0.39 is 24.1 Å². The molecule has 0 bridgehead atoms. The summed E-state index contributed by atoms with van der Waals surface area (Å²) in [5.74, 6) is 5.49. The summed E-state index contributed by atoms with van der Waals surface area (Å²) in [6.07, 6.45) is 2.94. The summed E-state index contributed by atoms with van der Waals surface area (Å²) in [5.41, 5.74) is 3.68. The minimum atomic E-state index is -1.06. The van der Waals surface area contributed by atoms with Gasteiger partial charge in [-0.25, -0.2) is 24.4 Å². The number of likely N-dealkylation sites (tertiary alicyclic amines) is 2. The van der Waals surface area contributed by atoms with Crippen LogP contribution in [0.3, 0.4) is 0 Å². The second-order valence-electron chi connectivity index (χ2n) is 16.6. The van der Waals surface area contributed by atoms with E-state index in [-0.39, 0.29) is 18.2 Å². The first-order valence-electron chi connectivity index (χ1n) is 22.6. The Morgan fingerprint density at radius 3 is 1.34 bits per heavy atom. The number of methoxy groups -OCH3 is 2. The van der Waals surface area contributed by atoms with Crippen LogP contribution >= 0.6 is 0 Å². The van der Waals surface area contributed by atoms with Crippen molar-refractivity contribution in [3.63, 3.8) is 0 Å². The Morgan fingerprint density at radius 2 is 0.941 bits per heavy atom. The number of aryl methyl sites for hydroxylation is 4. The summed E-state index contributed by atoms with van der Waals surface area (Å²) in [7, 11) is 3.15. The van der Waals surface area contributed by atoms with Gasteiger partial charge < -0.3 is 42.4 Å². The highest BCUT2D eigenvalue weighted by Gasteiger charge is 2.43. The van der Waals surface area contributed by atoms with Gasteiger partial charge in [0.05, 0.1) is 50.9 Å². The molecule has 2 aromatic heterocycles. The number of ether oxygens (including phenoxy) is 6. The van der Waals surface area contributed by atoms with E-state index >= 15 is 0 Å². The summed E-state index contributed by atoms with van der Waals surface area (Å²) >= 11 is 0. The average Bonchev–Trinajstić information content (AvgIpc) is 4.12. The number of aliphatic carboxylic acids is 1. The van der Waals surface area contributed by atoms with Crippen LogP contribution in [0.25, 0.3) is 0 Å². The van der Waals surface area contributed by atoms with E-state index in [9.17, 15) is 19.5 Å². The molecule has 8 rings (SSSR count). The first-order valence-corrected chi connectivity index (χ1v) is 22.6. The van der Waals surface area contributed by atoms with Gasteiger partial charge in [-0.05, 0) is 130 Å². The normalized spacial score (nSPS) is 17.5. The zero-order chi connectivity index (χ0) is 48.3. The van der Waals surface area contributed by atoms with Crippen molar-refractivity contribution in [1.29, 1.82) is 0 Å². The molecule has 0 aliphatic carbocycles. The summed E-state index contributed by atoms with van der Waals surface area (Å²) in [5, 5.41) is 9.69. The van der Waals surface area contributed by atoms with Crippen LogP contribution in [-0.4, -0.2) is 82.5 Å². The second kappa shape index (κ2) is 22.3. The molecule has 2 amide bonds. The van der Waals surface area contributed by atoms with Gasteiger partial charge in [-0.3, -0.25) is 9.80 Å². The number of carboxylic acids is 1. The van der Waals surface area contributed by atoms with Crippen LogP contribution in [0.2, 0.25) is 0 Å². The van der Waals surface area contributed by atoms with Crippen LogP contribution in [0.1, 0.15) is 90.5 Å². The number of oxazole rings is 2. The van der Waals surface area contributed by atoms with Gasteiger partial charge in [0, 0.05) is 32.7 Å². The van der Waals surface area contributed by atoms with Crippen molar-refractivity contribution < 1.29 is 56.7 Å². The van der Waals surface area contributed by atoms with Crippen molar-refractivity contribution >= 4 is 18.2 Å². The molecule has 4 atom stereocenters. The average molecular weight is 931 g/mol. The SMILES string of the molecule is COc1ccc(OC(=O)N2[C@H](C(=O)O)CC[C@H]2c2ccc(OCCc3nc(C)oc3C)cc2)cc1.COc1ccc(OC(=O)N2[C@H](C)CC[C@H]2c2ccc(OCCc3nc(C)oc3C)cc2)cc1. The quantitative estimate of drug-likeness (QED) is 0.103. The fraction of sp³-hybridized carbons (Fsp3) is 0.365. The molecule has 2 fully saturated rings. The third-order valence-electron chi connectivity index (χ3n) is 12.0. The number of rotatable bonds is 15. The highest BCUT2D eigenvalue weighted by atomic mass is 16.6. The molecule has 2 aliphatic rings. The first-order chi connectivity index (χ1) is 32.8. The molecular formula is C52H58N4O12. The monoisotopic (exact) mass is 930 g/mol. The van der Waals surface area contributed by atoms with E-state index in [2.05, 4.69) is 16.9 Å². The van der Waals surface area contributed by atoms with Crippen LogP contribution in [0.15, 0.2) is 106 Å². The Balaban J connectivity index is 0.000000202. The summed E-state index contributed by atoms with van der Waals surface area (Å²) in [6.45, 7) is 10.5. The predicted octanol–water partition coefficient (Wildman–Crippen LogP) is 10.4. The van der Waals surface area contributed by atoms with Gasteiger partial charge in [0.2, 0.25) is 0 Å². The minimum absolute atomic E-state index is 0.0273. The minimum Gasteiger partial charge on any atom is -0.497 e. The lowest BCUT2D eigenvalue weighted by molar-refractivity contribution is -0.141. The van der Waals surface area contributed by atoms with E-state index in [1.165, 1.54) is 4.90 Å². The molecule has 6 aromatic rings. The molecule has 1 N–H and O–H groups in total. The first kappa shape index (κ1) is 48.4. The lowest BCUT2D eigenvalue weighted by Gasteiger charge is -2.28. The van der Waals surface area contributed by atoms with Gasteiger partial charge in [-0.2, -0.15) is 0 Å². The molecule has 2 aliphatic heterocycles. The van der Waals surface area contributed by atoms with E-state index in [0.29, 0.717) is 73.7 Å². The van der Waals surface area contributed by atoms with Crippen molar-refractivity contribution in [2.24, 2.45) is 0 Å². The maximum Gasteiger partial charge on any atom is 0.416 e. The zero-order valence-corrected chi connectivity index (χ0v) is 39.4. The standard InChI is InChI=1S/C26H28N2O7.C26H30N2O5/c1-16-22(27-17(2)34-16)14-15-33-20-6-4-18(5-7-20)23-12-13-24(25(29)30)28(23)26(31)35-21-10-8-19(32-3)9-11-21;1-17-5-14-25(28(17)26(29)33-23-12-10-21(30-4)11-13-23)20-6-8-22(9-7-20)31-16-15-24-18(2)32-19(3)27-24/h4-11,23-24H,12-15H2,1-3H3,(H,29,30);6-13,17,25H,5,14-16H2,1-4H3/t23-,24-;17-,25+/m01/s1. The number of nitrogens with zero attached hydrogens (tertiary/aromatic N) is 4. The van der Waals surface area contributed by atoms with Crippen LogP contribution < -0.4 is 28.4 Å². The second-order valence-corrected chi connectivity index (χ2v) is 16.6. The number of hydrogen-bond donors (Lipinski definition) is 1. The molecule has 16 nitrogen and oxygen atoms in total. The molecule has 358 valence electrons. The molecule has 0 spiro atoms. The van der Waals surface area contributed by atoms with Crippen molar-refractivity contribution in [1.82, 2.24) is 19.8 Å². The number of amides is 2. The van der Waals surface area contributed by atoms with Crippen LogP contribution in [-0.2, 0) is 17.6 Å². The van der Waals surface area contributed by atoms with Gasteiger partial charge in [0.1, 0.15) is 52.1 Å². The Labute approximate surface area is 395 Å². The lowest BCUT2D eigenvalue weighted by atomic mass is 10.0. The number of carbonyl (C=O) groups excluding carboxylic acids is 2. The Morgan fingerprint density at radius 1 is 0.559 bits per heavy atom. The molecule has 0 radical (unpaired) electrons. The van der Waals surface area contributed by atoms with Gasteiger partial charge in [-0.1, -0.05) is 24.3 Å². The van der Waals surface area contributed by atoms with Crippen molar-refractivity contribution in [3.05, 3.63) is 143 Å². The smallest absolute Gasteiger partial charge is 0.416 e. The maximum atomic E-state index is 13.0. The molecule has 16 heteroatoms. The molecular weight excluding hydrogens is 873 g/mol. The fourth-order valence-corrected chi connectivity index (χ4v) is 8.56. The molecule has 0 unspecified atom stereocenters. The van der Waals surface area contributed by atoms with E-state index in [1.807, 2.05) is 81.1 Å². The number of carboxylic acid groups (broad SMARTS) is 1. The Hall–Kier alpha value is -7.49. The van der Waals surface area contributed by atoms with Crippen LogP contribution in [0, 0.1) is 27.7 Å². The summed E-state index contributed by atoms with van der Waals surface area (Å²) in [6, 6.07) is 27.5. The molecule has 4 aromatic carbocycles. The number of carbonyl (C=O) groups is 3. The van der Waals surface area contributed by atoms with Gasteiger partial charge in [-0.15, -0.1) is 0 Å². The molecule has 68 heavy (non-hydrogen) atoms. The predicted molar refractivity (Wildman–Crippen MR) is 250 cm³/mol. The van der Waals surface area contributed by atoms with Gasteiger partial charge in [0.25, 0.3) is 0 Å². The van der Waals surface area contributed by atoms with E-state index in [1.54, 1.807) is 62.8 Å². The van der Waals surface area contributed by atoms with Gasteiger partial charge >= 0.3 is 18.2 Å². The summed E-state index contributed by atoms with van der Waals surface area (Å²) in [4.78, 5) is 49.7. The number of aromatic nitrogens is 2. The van der Waals surface area contributed by atoms with Crippen LogP contribution in [0.4, 0.5) is 9.59 Å². The fourth-order valence-electron chi connectivity index (χ4n) is 8.56. The largest absolute Gasteiger partial charge is 0.497 e. The molecule has 2 saturated heterocycles. The lowest BCUT2D eigenvalue weighted by Crippen LogP contribution is -2.43.